The van der Waals surface area contributed by atoms with Crippen LogP contribution in [0.3, 0.4) is 0 Å². The number of allylic oxidation sites excluding steroid dienone is 1. The first kappa shape index (κ1) is 20.4. The van der Waals surface area contributed by atoms with Crippen molar-refractivity contribution in [2.75, 3.05) is 27.2 Å². The highest BCUT2D eigenvalue weighted by molar-refractivity contribution is 5.51. The average Bonchev–Trinajstić information content (AvgIpc) is 3.44. The minimum Gasteiger partial charge on any atom is -0.497 e. The number of likely N-dealkylation sites (tertiary alicyclic amines) is 1. The molecule has 5 rings (SSSR count). The lowest BCUT2D eigenvalue weighted by Crippen LogP contribution is -2.67. The van der Waals surface area contributed by atoms with Crippen LogP contribution in [0.15, 0.2) is 59.6 Å². The van der Waals surface area contributed by atoms with Crippen molar-refractivity contribution in [3.63, 3.8) is 0 Å². The zero-order chi connectivity index (χ0) is 21.6. The molecule has 2 aliphatic carbocycles. The number of hydrogen-bond acceptors (Lipinski definition) is 4. The first-order chi connectivity index (χ1) is 15.0. The van der Waals surface area contributed by atoms with Gasteiger partial charge in [0.25, 0.3) is 0 Å². The molecule has 1 unspecified atom stereocenters. The van der Waals surface area contributed by atoms with Crippen molar-refractivity contribution >= 4 is 6.08 Å². The number of methoxy groups -OCH3 is 1. The Morgan fingerprint density at radius 1 is 1.35 bits per heavy atom. The lowest BCUT2D eigenvalue weighted by atomic mass is 9.61. The summed E-state index contributed by atoms with van der Waals surface area (Å²) in [4.78, 5) is 5.21. The number of rotatable bonds is 7. The predicted octanol–water partition coefficient (Wildman–Crippen LogP) is 5.11. The fourth-order valence-electron chi connectivity index (χ4n) is 5.87. The van der Waals surface area contributed by atoms with E-state index in [4.69, 9.17) is 9.15 Å². The van der Waals surface area contributed by atoms with E-state index in [1.165, 1.54) is 37.1 Å². The van der Waals surface area contributed by atoms with E-state index in [2.05, 4.69) is 60.7 Å². The Labute approximate surface area is 186 Å². The SMILES string of the molecule is C=C(/C=C\c1ccoc1)N(C)[C@@H]1C2Cc3ccc(OC)cc3[C@@]1(C)CCN2CC1CC1. The number of hydrogen-bond donors (Lipinski definition) is 0. The van der Waals surface area contributed by atoms with Gasteiger partial charge in [0.1, 0.15) is 5.75 Å². The van der Waals surface area contributed by atoms with Gasteiger partial charge in [0.2, 0.25) is 0 Å². The van der Waals surface area contributed by atoms with Gasteiger partial charge in [-0.1, -0.05) is 19.6 Å². The second-order valence-corrected chi connectivity index (χ2v) is 9.84. The van der Waals surface area contributed by atoms with Gasteiger partial charge in [0, 0.05) is 36.3 Å². The van der Waals surface area contributed by atoms with Gasteiger partial charge in [0.15, 0.2) is 0 Å². The number of likely N-dealkylation sites (N-methyl/N-ethyl adjacent to an activating group) is 1. The highest BCUT2D eigenvalue weighted by Gasteiger charge is 2.53. The van der Waals surface area contributed by atoms with E-state index in [0.29, 0.717) is 12.1 Å². The normalized spacial score (nSPS) is 27.8. The molecule has 0 spiro atoms. The van der Waals surface area contributed by atoms with Gasteiger partial charge in [-0.05, 0) is 79.6 Å². The number of furan rings is 1. The van der Waals surface area contributed by atoms with E-state index in [0.717, 1.165) is 35.8 Å². The topological polar surface area (TPSA) is 28.9 Å². The molecule has 1 aromatic carbocycles. The first-order valence-electron chi connectivity index (χ1n) is 11.5. The Hall–Kier alpha value is -2.46. The Kier molecular flexibility index (Phi) is 5.21. The maximum atomic E-state index is 5.61. The van der Waals surface area contributed by atoms with Crippen molar-refractivity contribution < 1.29 is 9.15 Å². The van der Waals surface area contributed by atoms with Gasteiger partial charge in [-0.3, -0.25) is 4.90 Å². The minimum atomic E-state index is 0.0635. The Morgan fingerprint density at radius 3 is 2.90 bits per heavy atom. The van der Waals surface area contributed by atoms with E-state index in [1.807, 2.05) is 6.07 Å². The number of benzene rings is 1. The molecule has 0 radical (unpaired) electrons. The van der Waals surface area contributed by atoms with Crippen molar-refractivity contribution in [1.82, 2.24) is 9.80 Å². The molecule has 4 nitrogen and oxygen atoms in total. The molecule has 2 fully saturated rings. The van der Waals surface area contributed by atoms with Gasteiger partial charge < -0.3 is 14.1 Å². The molecule has 0 amide bonds. The van der Waals surface area contributed by atoms with Gasteiger partial charge in [-0.15, -0.1) is 0 Å². The zero-order valence-electron chi connectivity index (χ0n) is 19.0. The van der Waals surface area contributed by atoms with Crippen LogP contribution in [0, 0.1) is 5.92 Å². The fourth-order valence-corrected chi connectivity index (χ4v) is 5.87. The van der Waals surface area contributed by atoms with Crippen LogP contribution in [-0.2, 0) is 11.8 Å². The van der Waals surface area contributed by atoms with Crippen LogP contribution in [0.2, 0.25) is 0 Å². The van der Waals surface area contributed by atoms with Gasteiger partial charge in [0.05, 0.1) is 25.7 Å². The van der Waals surface area contributed by atoms with Crippen LogP contribution < -0.4 is 4.74 Å². The number of ether oxygens (including phenoxy) is 1. The molecular weight excluding hydrogens is 384 g/mol. The quantitative estimate of drug-likeness (QED) is 0.584. The van der Waals surface area contributed by atoms with Crippen molar-refractivity contribution in [2.45, 2.75) is 50.1 Å². The lowest BCUT2D eigenvalue weighted by Gasteiger charge is -2.58. The molecule has 2 bridgehead atoms. The third-order valence-electron chi connectivity index (χ3n) is 7.84. The Morgan fingerprint density at radius 2 is 2.19 bits per heavy atom. The molecule has 2 aromatic rings. The zero-order valence-corrected chi connectivity index (χ0v) is 19.0. The molecule has 3 aliphatic rings. The highest BCUT2D eigenvalue weighted by Crippen LogP contribution is 2.49. The van der Waals surface area contributed by atoms with Gasteiger partial charge in [-0.25, -0.2) is 0 Å². The summed E-state index contributed by atoms with van der Waals surface area (Å²) in [5.74, 6) is 1.86. The number of piperidine rings is 1. The highest BCUT2D eigenvalue weighted by atomic mass is 16.5. The Balaban J connectivity index is 1.50. The monoisotopic (exact) mass is 418 g/mol. The van der Waals surface area contributed by atoms with Crippen LogP contribution in [0.5, 0.6) is 5.75 Å². The molecule has 31 heavy (non-hydrogen) atoms. The summed E-state index contributed by atoms with van der Waals surface area (Å²) in [6.07, 6.45) is 12.7. The van der Waals surface area contributed by atoms with E-state index in [9.17, 15) is 0 Å². The number of fused-ring (bicyclic) bond motifs is 4. The third-order valence-corrected chi connectivity index (χ3v) is 7.84. The van der Waals surface area contributed by atoms with E-state index in [-0.39, 0.29) is 5.41 Å². The molecule has 2 heterocycles. The largest absolute Gasteiger partial charge is 0.497 e. The molecule has 1 saturated heterocycles. The summed E-state index contributed by atoms with van der Waals surface area (Å²) in [7, 11) is 3.99. The van der Waals surface area contributed by atoms with Crippen LogP contribution in [0.1, 0.15) is 42.9 Å². The van der Waals surface area contributed by atoms with Crippen molar-refractivity contribution in [3.8, 4) is 5.75 Å². The third kappa shape index (κ3) is 3.71. The first-order valence-corrected chi connectivity index (χ1v) is 11.5. The van der Waals surface area contributed by atoms with Crippen molar-refractivity contribution in [3.05, 3.63) is 71.8 Å². The second-order valence-electron chi connectivity index (χ2n) is 9.84. The van der Waals surface area contributed by atoms with Crippen LogP contribution in [0.25, 0.3) is 6.08 Å². The van der Waals surface area contributed by atoms with Crippen LogP contribution in [-0.4, -0.2) is 49.1 Å². The summed E-state index contributed by atoms with van der Waals surface area (Å²) >= 11 is 0. The van der Waals surface area contributed by atoms with E-state index >= 15 is 0 Å². The molecule has 1 aliphatic heterocycles. The molecule has 3 atom stereocenters. The second kappa shape index (κ2) is 7.90. The fraction of sp³-hybridized carbons (Fsp3) is 0.481. The molecule has 1 saturated carbocycles. The van der Waals surface area contributed by atoms with E-state index in [1.54, 1.807) is 19.6 Å². The van der Waals surface area contributed by atoms with Crippen LogP contribution >= 0.6 is 0 Å². The lowest BCUT2D eigenvalue weighted by molar-refractivity contribution is 0.00175. The maximum Gasteiger partial charge on any atom is 0.119 e. The molecule has 1 aromatic heterocycles. The predicted molar refractivity (Wildman–Crippen MR) is 125 cm³/mol. The smallest absolute Gasteiger partial charge is 0.119 e. The standard InChI is InChI=1S/C27H34N2O2/c1-19(5-6-21-11-14-31-18-21)28(3)26-25-15-22-9-10-23(30-4)16-24(22)27(26,2)12-13-29(25)17-20-7-8-20/h5-6,9-11,14,16,18,20,25-26H,1,7-8,12-13,15,17H2,2-4H3/b6-5-/t25?,26-,27-/m1/s1. The molecule has 164 valence electrons. The van der Waals surface area contributed by atoms with Gasteiger partial charge in [-0.2, -0.15) is 0 Å². The summed E-state index contributed by atoms with van der Waals surface area (Å²) in [5, 5.41) is 0. The summed E-state index contributed by atoms with van der Waals surface area (Å²) in [5.41, 5.74) is 5.11. The average molecular weight is 419 g/mol. The Bertz CT molecular complexity index is 975. The summed E-state index contributed by atoms with van der Waals surface area (Å²) in [6, 6.07) is 9.56. The summed E-state index contributed by atoms with van der Waals surface area (Å²) < 4.78 is 10.8. The van der Waals surface area contributed by atoms with E-state index < -0.39 is 0 Å². The minimum absolute atomic E-state index is 0.0635. The molecule has 4 heteroatoms. The summed E-state index contributed by atoms with van der Waals surface area (Å²) in [6.45, 7) is 9.32. The van der Waals surface area contributed by atoms with Crippen LogP contribution in [0.4, 0.5) is 0 Å². The number of nitrogens with zero attached hydrogens (tertiary/aromatic N) is 2. The molecular formula is C27H34N2O2. The molecule has 0 N–H and O–H groups in total. The van der Waals surface area contributed by atoms with Crippen molar-refractivity contribution in [1.29, 1.82) is 0 Å². The van der Waals surface area contributed by atoms with Gasteiger partial charge >= 0.3 is 0 Å². The maximum absolute atomic E-state index is 5.61. The van der Waals surface area contributed by atoms with Crippen molar-refractivity contribution in [2.24, 2.45) is 5.92 Å².